The first-order valence-electron chi connectivity index (χ1n) is 6.81. The normalized spacial score (nSPS) is 11.8. The molecule has 0 amide bonds. The van der Waals surface area contributed by atoms with Gasteiger partial charge in [0.2, 0.25) is 11.9 Å². The Bertz CT molecular complexity index is 604. The molecule has 1 aromatic carbocycles. The number of aryl methyl sites for hydroxylation is 1. The van der Waals surface area contributed by atoms with E-state index in [1.54, 1.807) is 0 Å². The summed E-state index contributed by atoms with van der Waals surface area (Å²) in [7, 11) is 0. The van der Waals surface area contributed by atoms with Gasteiger partial charge in [0.05, 0.1) is 12.6 Å². The molecule has 0 aliphatic heterocycles. The highest BCUT2D eigenvalue weighted by atomic mass is 16.5. The van der Waals surface area contributed by atoms with E-state index in [0.717, 1.165) is 0 Å². The number of hydrazine groups is 1. The van der Waals surface area contributed by atoms with Crippen molar-refractivity contribution in [1.82, 2.24) is 15.0 Å². The Kier molecular flexibility index (Phi) is 4.89. The van der Waals surface area contributed by atoms with Crippen molar-refractivity contribution < 1.29 is 4.74 Å². The molecule has 0 aliphatic carbocycles. The van der Waals surface area contributed by atoms with Crippen LogP contribution >= 0.6 is 0 Å². The first kappa shape index (κ1) is 15.0. The van der Waals surface area contributed by atoms with Crippen LogP contribution in [0.4, 0.5) is 11.9 Å². The zero-order chi connectivity index (χ0) is 15.2. The number of anilines is 2. The monoisotopic (exact) mass is 288 g/mol. The lowest BCUT2D eigenvalue weighted by Gasteiger charge is -2.17. The summed E-state index contributed by atoms with van der Waals surface area (Å²) >= 11 is 0. The van der Waals surface area contributed by atoms with E-state index in [2.05, 4.69) is 44.8 Å². The van der Waals surface area contributed by atoms with Gasteiger partial charge in [0.25, 0.3) is 0 Å². The Morgan fingerprint density at radius 3 is 2.57 bits per heavy atom. The Balaban J connectivity index is 2.22. The third kappa shape index (κ3) is 3.79. The van der Waals surface area contributed by atoms with Crippen LogP contribution in [0.25, 0.3) is 0 Å². The first-order chi connectivity index (χ1) is 10.1. The molecule has 1 aromatic heterocycles. The summed E-state index contributed by atoms with van der Waals surface area (Å²) in [5, 5.41) is 3.23. The average Bonchev–Trinajstić information content (AvgIpc) is 2.47. The molecule has 0 bridgehead atoms. The van der Waals surface area contributed by atoms with Crippen LogP contribution < -0.4 is 21.3 Å². The third-order valence-electron chi connectivity index (χ3n) is 3.02. The van der Waals surface area contributed by atoms with Gasteiger partial charge in [-0.2, -0.15) is 15.0 Å². The number of nitrogens with zero attached hydrogens (tertiary/aromatic N) is 3. The highest BCUT2D eigenvalue weighted by molar-refractivity contribution is 5.39. The van der Waals surface area contributed by atoms with Crippen molar-refractivity contribution in [3.8, 4) is 6.01 Å². The van der Waals surface area contributed by atoms with E-state index in [9.17, 15) is 0 Å². The van der Waals surface area contributed by atoms with Gasteiger partial charge >= 0.3 is 6.01 Å². The minimum Gasteiger partial charge on any atom is -0.464 e. The Hall–Kier alpha value is -2.41. The molecule has 7 nitrogen and oxygen atoms in total. The maximum atomic E-state index is 5.36. The smallest absolute Gasteiger partial charge is 0.323 e. The van der Waals surface area contributed by atoms with Crippen molar-refractivity contribution in [3.63, 3.8) is 0 Å². The second kappa shape index (κ2) is 6.85. The van der Waals surface area contributed by atoms with E-state index in [1.165, 1.54) is 11.1 Å². The lowest BCUT2D eigenvalue weighted by Crippen LogP contribution is -2.16. The van der Waals surface area contributed by atoms with E-state index in [4.69, 9.17) is 10.6 Å². The number of hydrogen-bond acceptors (Lipinski definition) is 7. The molecule has 112 valence electrons. The van der Waals surface area contributed by atoms with Gasteiger partial charge < -0.3 is 10.1 Å². The predicted octanol–water partition coefficient (Wildman–Crippen LogP) is 2.04. The first-order valence-corrected chi connectivity index (χ1v) is 6.81. The number of aromatic nitrogens is 3. The van der Waals surface area contributed by atoms with E-state index in [-0.39, 0.29) is 18.0 Å². The lowest BCUT2D eigenvalue weighted by atomic mass is 10.0. The Morgan fingerprint density at radius 2 is 1.90 bits per heavy atom. The molecule has 2 rings (SSSR count). The van der Waals surface area contributed by atoms with Crippen LogP contribution in [0.15, 0.2) is 24.3 Å². The summed E-state index contributed by atoms with van der Waals surface area (Å²) in [6.45, 7) is 6.45. The highest BCUT2D eigenvalue weighted by Crippen LogP contribution is 2.21. The van der Waals surface area contributed by atoms with Gasteiger partial charge in [0, 0.05) is 0 Å². The van der Waals surface area contributed by atoms with Crippen LogP contribution in [-0.2, 0) is 0 Å². The number of nitrogen functional groups attached to an aromatic ring is 1. The van der Waals surface area contributed by atoms with Gasteiger partial charge in [0.15, 0.2) is 0 Å². The van der Waals surface area contributed by atoms with Crippen LogP contribution in [0.2, 0.25) is 0 Å². The molecule has 21 heavy (non-hydrogen) atoms. The number of hydrogen-bond donors (Lipinski definition) is 3. The molecule has 0 fully saturated rings. The molecule has 2 aromatic rings. The molecule has 0 saturated heterocycles. The largest absolute Gasteiger partial charge is 0.464 e. The number of rotatable bonds is 6. The average molecular weight is 288 g/mol. The summed E-state index contributed by atoms with van der Waals surface area (Å²) in [4.78, 5) is 12.4. The molecule has 0 radical (unpaired) electrons. The summed E-state index contributed by atoms with van der Waals surface area (Å²) in [5.74, 6) is 6.04. The van der Waals surface area contributed by atoms with Crippen molar-refractivity contribution in [3.05, 3.63) is 35.4 Å². The zero-order valence-electron chi connectivity index (χ0n) is 12.4. The molecule has 1 unspecified atom stereocenters. The van der Waals surface area contributed by atoms with Gasteiger partial charge in [-0.15, -0.1) is 0 Å². The van der Waals surface area contributed by atoms with Crippen LogP contribution in [0.3, 0.4) is 0 Å². The van der Waals surface area contributed by atoms with Crippen LogP contribution in [0, 0.1) is 6.92 Å². The highest BCUT2D eigenvalue weighted by Gasteiger charge is 2.12. The van der Waals surface area contributed by atoms with Crippen molar-refractivity contribution in [2.75, 3.05) is 17.3 Å². The van der Waals surface area contributed by atoms with E-state index in [1.807, 2.05) is 26.0 Å². The number of benzene rings is 1. The van der Waals surface area contributed by atoms with Crippen molar-refractivity contribution >= 4 is 11.9 Å². The molecule has 0 aliphatic rings. The summed E-state index contributed by atoms with van der Waals surface area (Å²) in [6, 6.07) is 8.44. The maximum Gasteiger partial charge on any atom is 0.323 e. The molecular weight excluding hydrogens is 268 g/mol. The van der Waals surface area contributed by atoms with Crippen molar-refractivity contribution in [1.29, 1.82) is 0 Å². The predicted molar refractivity (Wildman–Crippen MR) is 82.0 cm³/mol. The van der Waals surface area contributed by atoms with Crippen LogP contribution in [0.1, 0.15) is 31.0 Å². The summed E-state index contributed by atoms with van der Waals surface area (Å²) in [6.07, 6.45) is 0. The third-order valence-corrected chi connectivity index (χ3v) is 3.02. The SMILES string of the molecule is CCOc1nc(NN)nc(NC(C)c2ccccc2C)n1. The quantitative estimate of drug-likeness (QED) is 0.552. The molecule has 1 atom stereocenters. The number of nitrogens with two attached hydrogens (primary N) is 1. The molecule has 1 heterocycles. The van der Waals surface area contributed by atoms with E-state index >= 15 is 0 Å². The van der Waals surface area contributed by atoms with Gasteiger partial charge in [-0.1, -0.05) is 24.3 Å². The van der Waals surface area contributed by atoms with Crippen molar-refractivity contribution in [2.45, 2.75) is 26.8 Å². The second-order valence-corrected chi connectivity index (χ2v) is 4.57. The van der Waals surface area contributed by atoms with E-state index < -0.39 is 0 Å². The minimum absolute atomic E-state index is 0.0497. The van der Waals surface area contributed by atoms with Gasteiger partial charge in [-0.3, -0.25) is 5.43 Å². The lowest BCUT2D eigenvalue weighted by molar-refractivity contribution is 0.312. The number of nitrogens with one attached hydrogen (secondary N) is 2. The zero-order valence-corrected chi connectivity index (χ0v) is 12.4. The topological polar surface area (TPSA) is 98.0 Å². The standard InChI is InChI=1S/C14H20N6O/c1-4-21-14-18-12(17-13(19-14)20-15)16-10(3)11-8-6-5-7-9(11)2/h5-8,10H,4,15H2,1-3H3,(H2,16,17,18,19,20). The van der Waals surface area contributed by atoms with Gasteiger partial charge in [0.1, 0.15) is 0 Å². The molecule has 7 heteroatoms. The molecule has 0 spiro atoms. The number of ether oxygens (including phenoxy) is 1. The van der Waals surface area contributed by atoms with Crippen LogP contribution in [-0.4, -0.2) is 21.6 Å². The maximum absolute atomic E-state index is 5.36. The fraction of sp³-hybridized carbons (Fsp3) is 0.357. The molecule has 4 N–H and O–H groups in total. The van der Waals surface area contributed by atoms with Crippen LogP contribution in [0.5, 0.6) is 6.01 Å². The summed E-state index contributed by atoms with van der Waals surface area (Å²) in [5.41, 5.74) is 4.79. The molecular formula is C14H20N6O. The minimum atomic E-state index is 0.0497. The summed E-state index contributed by atoms with van der Waals surface area (Å²) < 4.78 is 5.30. The molecule has 0 saturated carbocycles. The Morgan fingerprint density at radius 1 is 1.19 bits per heavy atom. The van der Waals surface area contributed by atoms with Gasteiger partial charge in [-0.05, 0) is 31.9 Å². The van der Waals surface area contributed by atoms with Crippen molar-refractivity contribution in [2.24, 2.45) is 5.84 Å². The Labute approximate surface area is 123 Å². The van der Waals surface area contributed by atoms with Gasteiger partial charge in [-0.25, -0.2) is 5.84 Å². The fourth-order valence-electron chi connectivity index (χ4n) is 2.02. The second-order valence-electron chi connectivity index (χ2n) is 4.57. The fourth-order valence-corrected chi connectivity index (χ4v) is 2.02. The van der Waals surface area contributed by atoms with E-state index in [0.29, 0.717) is 12.6 Å².